The molecule has 1 fully saturated rings. The van der Waals surface area contributed by atoms with Crippen LogP contribution in [0.2, 0.25) is 0 Å². The summed E-state index contributed by atoms with van der Waals surface area (Å²) < 4.78 is 19.9. The lowest BCUT2D eigenvalue weighted by Gasteiger charge is -2.34. The van der Waals surface area contributed by atoms with Crippen LogP contribution in [-0.2, 0) is 20.5 Å². The van der Waals surface area contributed by atoms with Crippen LogP contribution in [0.1, 0.15) is 47.5 Å². The molecule has 0 bridgehead atoms. The maximum Gasteiger partial charge on any atom is 0.312 e. The summed E-state index contributed by atoms with van der Waals surface area (Å²) in [5, 5.41) is 0. The summed E-state index contributed by atoms with van der Waals surface area (Å²) in [7, 11) is 0.227. The molecule has 0 saturated heterocycles. The summed E-state index contributed by atoms with van der Waals surface area (Å²) in [4.78, 5) is 11.9. The average molecular weight is 275 g/mol. The van der Waals surface area contributed by atoms with Gasteiger partial charge in [-0.3, -0.25) is 4.79 Å². The molecule has 18 heavy (non-hydrogen) atoms. The first kappa shape index (κ1) is 15.6. The van der Waals surface area contributed by atoms with Gasteiger partial charge in [0.15, 0.2) is 0 Å². The zero-order valence-corrected chi connectivity index (χ0v) is 13.0. The first-order chi connectivity index (χ1) is 8.10. The number of nitrogens with one attached hydrogen (secondary N) is 1. The van der Waals surface area contributed by atoms with E-state index in [-0.39, 0.29) is 16.8 Å². The predicted octanol–water partition coefficient (Wildman–Crippen LogP) is 2.02. The lowest BCUT2D eigenvalue weighted by Crippen LogP contribution is -2.51. The fourth-order valence-electron chi connectivity index (χ4n) is 1.94. The zero-order valence-electron chi connectivity index (χ0n) is 12.2. The summed E-state index contributed by atoms with van der Waals surface area (Å²) in [6.07, 6.45) is 2.17. The summed E-state index contributed by atoms with van der Waals surface area (Å²) in [5.74, 6) is 0.170. The van der Waals surface area contributed by atoms with Gasteiger partial charge in [0.2, 0.25) is 0 Å². The van der Waals surface area contributed by atoms with E-state index in [0.29, 0.717) is 5.92 Å². The number of carbonyl (C=O) groups is 1. The van der Waals surface area contributed by atoms with E-state index in [4.69, 9.17) is 4.74 Å². The van der Waals surface area contributed by atoms with Crippen LogP contribution in [0.15, 0.2) is 0 Å². The van der Waals surface area contributed by atoms with Crippen LogP contribution >= 0.6 is 0 Å². The van der Waals surface area contributed by atoms with Gasteiger partial charge in [0.1, 0.15) is 0 Å². The van der Waals surface area contributed by atoms with E-state index in [1.165, 1.54) is 7.11 Å². The van der Waals surface area contributed by atoms with Gasteiger partial charge in [-0.25, -0.2) is 8.93 Å². The quantitative estimate of drug-likeness (QED) is 0.781. The molecular weight excluding hydrogens is 250 g/mol. The van der Waals surface area contributed by atoms with Gasteiger partial charge in [-0.2, -0.15) is 0 Å². The van der Waals surface area contributed by atoms with Crippen molar-refractivity contribution in [1.29, 1.82) is 0 Å². The molecule has 0 aromatic rings. The number of rotatable bonds is 5. The fraction of sp³-hybridized carbons (Fsp3) is 0.923. The molecule has 0 radical (unpaired) electrons. The first-order valence-corrected chi connectivity index (χ1v) is 7.52. The Balaban J connectivity index is 2.84. The van der Waals surface area contributed by atoms with Crippen LogP contribution in [0.3, 0.4) is 0 Å². The molecule has 0 aliphatic heterocycles. The summed E-state index contributed by atoms with van der Waals surface area (Å²) in [6, 6.07) is -0.0926. The highest BCUT2D eigenvalue weighted by atomic mass is 32.2. The number of esters is 1. The second kappa shape index (κ2) is 5.29. The highest BCUT2D eigenvalue weighted by molar-refractivity contribution is 7.84. The number of hydrogen-bond acceptors (Lipinski definition) is 3. The van der Waals surface area contributed by atoms with Crippen LogP contribution in [0.25, 0.3) is 0 Å². The minimum Gasteiger partial charge on any atom is -0.469 e. The topological polar surface area (TPSA) is 55.4 Å². The summed E-state index contributed by atoms with van der Waals surface area (Å²) >= 11 is 0. The molecule has 1 aliphatic carbocycles. The van der Waals surface area contributed by atoms with Crippen molar-refractivity contribution < 1.29 is 13.7 Å². The maximum atomic E-state index is 12.2. The van der Waals surface area contributed by atoms with E-state index < -0.39 is 16.4 Å². The molecule has 5 heteroatoms. The second-order valence-corrected chi connectivity index (χ2v) is 8.53. The van der Waals surface area contributed by atoms with Crippen LogP contribution < -0.4 is 4.72 Å². The SMILES string of the molecule is COC(=O)C(C)(C)C(NS(=O)C(C)(C)C)C1CC1. The Labute approximate surface area is 112 Å². The Bertz CT molecular complexity index is 343. The normalized spacial score (nSPS) is 20.3. The molecule has 0 aromatic heterocycles. The van der Waals surface area contributed by atoms with Crippen molar-refractivity contribution in [2.45, 2.75) is 58.2 Å². The minimum atomic E-state index is -1.17. The Hall–Kier alpha value is -0.420. The zero-order chi connectivity index (χ0) is 14.1. The second-order valence-electron chi connectivity index (χ2n) is 6.53. The van der Waals surface area contributed by atoms with Crippen molar-refractivity contribution in [1.82, 2.24) is 4.72 Å². The van der Waals surface area contributed by atoms with Gasteiger partial charge in [-0.1, -0.05) is 0 Å². The molecule has 2 atom stereocenters. The molecular formula is C13H25NO3S. The standard InChI is InChI=1S/C13H25NO3S/c1-12(2,3)18(16)14-10(9-7-8-9)13(4,5)11(15)17-6/h9-10,14H,7-8H2,1-6H3. The number of carbonyl (C=O) groups excluding carboxylic acids is 1. The van der Waals surface area contributed by atoms with E-state index in [2.05, 4.69) is 4.72 Å². The molecule has 1 N–H and O–H groups in total. The van der Waals surface area contributed by atoms with Gasteiger partial charge in [0, 0.05) is 6.04 Å². The van der Waals surface area contributed by atoms with Gasteiger partial charge < -0.3 is 4.74 Å². The van der Waals surface area contributed by atoms with Crippen molar-refractivity contribution in [3.63, 3.8) is 0 Å². The van der Waals surface area contributed by atoms with Crippen molar-refractivity contribution in [2.75, 3.05) is 7.11 Å². The smallest absolute Gasteiger partial charge is 0.312 e. The van der Waals surface area contributed by atoms with E-state index in [1.54, 1.807) is 0 Å². The molecule has 106 valence electrons. The molecule has 0 heterocycles. The summed E-state index contributed by atoms with van der Waals surface area (Å²) in [6.45, 7) is 9.48. The molecule has 1 saturated carbocycles. The van der Waals surface area contributed by atoms with E-state index in [1.807, 2.05) is 34.6 Å². The number of ether oxygens (including phenoxy) is 1. The van der Waals surface area contributed by atoms with Gasteiger partial charge in [-0.15, -0.1) is 0 Å². The van der Waals surface area contributed by atoms with E-state index in [9.17, 15) is 9.00 Å². The molecule has 0 amide bonds. The Morgan fingerprint density at radius 1 is 1.28 bits per heavy atom. The van der Waals surface area contributed by atoms with Crippen LogP contribution in [0, 0.1) is 11.3 Å². The van der Waals surface area contributed by atoms with Gasteiger partial charge in [0.05, 0.1) is 28.3 Å². The molecule has 2 unspecified atom stereocenters. The number of hydrogen-bond donors (Lipinski definition) is 1. The third-order valence-corrected chi connectivity index (χ3v) is 4.95. The molecule has 1 rings (SSSR count). The fourth-order valence-corrected chi connectivity index (χ4v) is 3.02. The van der Waals surface area contributed by atoms with Crippen molar-refractivity contribution >= 4 is 17.0 Å². The highest BCUT2D eigenvalue weighted by Gasteiger charge is 2.47. The molecule has 0 aromatic carbocycles. The largest absolute Gasteiger partial charge is 0.469 e. The van der Waals surface area contributed by atoms with Crippen LogP contribution in [0.5, 0.6) is 0 Å². The Morgan fingerprint density at radius 2 is 1.78 bits per heavy atom. The third kappa shape index (κ3) is 3.54. The lowest BCUT2D eigenvalue weighted by molar-refractivity contribution is -0.152. The molecule has 4 nitrogen and oxygen atoms in total. The average Bonchev–Trinajstić information content (AvgIpc) is 3.06. The van der Waals surface area contributed by atoms with Gasteiger partial charge >= 0.3 is 5.97 Å². The van der Waals surface area contributed by atoms with E-state index >= 15 is 0 Å². The van der Waals surface area contributed by atoms with Gasteiger partial charge in [-0.05, 0) is 53.4 Å². The van der Waals surface area contributed by atoms with Crippen molar-refractivity contribution in [3.05, 3.63) is 0 Å². The van der Waals surface area contributed by atoms with Crippen LogP contribution in [-0.4, -0.2) is 28.1 Å². The van der Waals surface area contributed by atoms with E-state index in [0.717, 1.165) is 12.8 Å². The molecule has 1 aliphatic rings. The summed E-state index contributed by atoms with van der Waals surface area (Å²) in [5.41, 5.74) is -0.656. The Kier molecular flexibility index (Phi) is 4.60. The first-order valence-electron chi connectivity index (χ1n) is 6.37. The van der Waals surface area contributed by atoms with Crippen molar-refractivity contribution in [3.8, 4) is 0 Å². The number of methoxy groups -OCH3 is 1. The predicted molar refractivity (Wildman–Crippen MR) is 73.3 cm³/mol. The lowest BCUT2D eigenvalue weighted by atomic mass is 9.82. The Morgan fingerprint density at radius 3 is 2.11 bits per heavy atom. The highest BCUT2D eigenvalue weighted by Crippen LogP contribution is 2.41. The van der Waals surface area contributed by atoms with Gasteiger partial charge in [0.25, 0.3) is 0 Å². The maximum absolute atomic E-state index is 12.2. The van der Waals surface area contributed by atoms with Crippen LogP contribution in [0.4, 0.5) is 0 Å². The third-order valence-electron chi connectivity index (χ3n) is 3.37. The van der Waals surface area contributed by atoms with Crippen molar-refractivity contribution in [2.24, 2.45) is 11.3 Å². The molecule has 0 spiro atoms. The monoisotopic (exact) mass is 275 g/mol. The minimum absolute atomic E-state index is 0.0926.